The van der Waals surface area contributed by atoms with E-state index in [0.717, 1.165) is 18.4 Å². The highest BCUT2D eigenvalue weighted by Gasteiger charge is 2.45. The molecule has 0 heterocycles. The van der Waals surface area contributed by atoms with Gasteiger partial charge in [0.2, 0.25) is 5.91 Å². The smallest absolute Gasteiger partial charge is 0.222 e. The SMILES string of the molecule is O=C(CC(O)c1ccccc1)NCC1(c2ccccc2F)CC1. The third-order valence-corrected chi connectivity index (χ3v) is 4.49. The lowest BCUT2D eigenvalue weighted by molar-refractivity contribution is -0.123. The molecule has 1 aliphatic rings. The molecule has 0 bridgehead atoms. The predicted molar refractivity (Wildman–Crippen MR) is 86.3 cm³/mol. The number of aliphatic hydroxyl groups excluding tert-OH is 1. The van der Waals surface area contributed by atoms with Gasteiger partial charge in [-0.15, -0.1) is 0 Å². The third-order valence-electron chi connectivity index (χ3n) is 4.49. The number of aliphatic hydroxyl groups is 1. The van der Waals surface area contributed by atoms with Crippen molar-refractivity contribution in [1.29, 1.82) is 0 Å². The molecule has 0 radical (unpaired) electrons. The first-order valence-corrected chi connectivity index (χ1v) is 7.85. The molecule has 0 aromatic heterocycles. The van der Waals surface area contributed by atoms with Crippen LogP contribution >= 0.6 is 0 Å². The number of hydrogen-bond acceptors (Lipinski definition) is 2. The van der Waals surface area contributed by atoms with Gasteiger partial charge in [0.25, 0.3) is 0 Å². The lowest BCUT2D eigenvalue weighted by Gasteiger charge is -2.18. The van der Waals surface area contributed by atoms with Gasteiger partial charge in [-0.05, 0) is 30.0 Å². The average Bonchev–Trinajstić information content (AvgIpc) is 3.35. The molecule has 23 heavy (non-hydrogen) atoms. The van der Waals surface area contributed by atoms with Gasteiger partial charge in [0.15, 0.2) is 0 Å². The van der Waals surface area contributed by atoms with Crippen molar-refractivity contribution in [3.05, 3.63) is 71.5 Å². The van der Waals surface area contributed by atoms with Crippen LogP contribution in [0.5, 0.6) is 0 Å². The van der Waals surface area contributed by atoms with Crippen LogP contribution in [-0.2, 0) is 10.2 Å². The third kappa shape index (κ3) is 3.59. The van der Waals surface area contributed by atoms with E-state index in [1.807, 2.05) is 24.3 Å². The molecule has 1 amide bonds. The van der Waals surface area contributed by atoms with Crippen molar-refractivity contribution < 1.29 is 14.3 Å². The lowest BCUT2D eigenvalue weighted by atomic mass is 9.95. The summed E-state index contributed by atoms with van der Waals surface area (Å²) >= 11 is 0. The van der Waals surface area contributed by atoms with Gasteiger partial charge in [-0.2, -0.15) is 0 Å². The summed E-state index contributed by atoms with van der Waals surface area (Å²) in [6.45, 7) is 0.411. The Kier molecular flexibility index (Phi) is 4.44. The van der Waals surface area contributed by atoms with Crippen molar-refractivity contribution in [3.8, 4) is 0 Å². The van der Waals surface area contributed by atoms with Gasteiger partial charge in [0, 0.05) is 12.0 Å². The molecule has 0 spiro atoms. The normalized spacial score (nSPS) is 16.6. The molecular weight excluding hydrogens is 293 g/mol. The minimum atomic E-state index is -0.820. The Hall–Kier alpha value is -2.20. The Morgan fingerprint density at radius 3 is 2.43 bits per heavy atom. The molecule has 2 aromatic carbocycles. The highest BCUT2D eigenvalue weighted by Crippen LogP contribution is 2.48. The molecule has 120 valence electrons. The van der Waals surface area contributed by atoms with Gasteiger partial charge in [-0.25, -0.2) is 4.39 Å². The molecule has 4 heteroatoms. The summed E-state index contributed by atoms with van der Waals surface area (Å²) < 4.78 is 13.9. The van der Waals surface area contributed by atoms with Gasteiger partial charge < -0.3 is 10.4 Å². The summed E-state index contributed by atoms with van der Waals surface area (Å²) in [6.07, 6.45) is 0.933. The van der Waals surface area contributed by atoms with Gasteiger partial charge in [-0.1, -0.05) is 48.5 Å². The van der Waals surface area contributed by atoms with E-state index in [1.54, 1.807) is 24.3 Å². The summed E-state index contributed by atoms with van der Waals surface area (Å²) in [5, 5.41) is 12.9. The van der Waals surface area contributed by atoms with E-state index < -0.39 is 6.10 Å². The van der Waals surface area contributed by atoms with Crippen molar-refractivity contribution in [1.82, 2.24) is 5.32 Å². The van der Waals surface area contributed by atoms with Gasteiger partial charge in [-0.3, -0.25) is 4.79 Å². The Bertz CT molecular complexity index is 683. The van der Waals surface area contributed by atoms with Crippen LogP contribution in [0.1, 0.15) is 36.5 Å². The maximum absolute atomic E-state index is 13.9. The van der Waals surface area contributed by atoms with Crippen LogP contribution in [0.2, 0.25) is 0 Å². The Balaban J connectivity index is 1.56. The van der Waals surface area contributed by atoms with Crippen molar-refractivity contribution in [2.45, 2.75) is 30.8 Å². The van der Waals surface area contributed by atoms with E-state index >= 15 is 0 Å². The summed E-state index contributed by atoms with van der Waals surface area (Å²) in [5.41, 5.74) is 1.11. The highest BCUT2D eigenvalue weighted by molar-refractivity contribution is 5.76. The van der Waals surface area contributed by atoms with Gasteiger partial charge in [0.1, 0.15) is 5.82 Å². The molecular formula is C19H20FNO2. The molecule has 1 atom stereocenters. The number of amides is 1. The van der Waals surface area contributed by atoms with Crippen molar-refractivity contribution in [2.75, 3.05) is 6.54 Å². The molecule has 1 unspecified atom stereocenters. The number of rotatable bonds is 6. The van der Waals surface area contributed by atoms with E-state index in [0.29, 0.717) is 12.1 Å². The van der Waals surface area contributed by atoms with Crippen LogP contribution in [0.25, 0.3) is 0 Å². The second-order valence-electron chi connectivity index (χ2n) is 6.17. The molecule has 3 rings (SSSR count). The fraction of sp³-hybridized carbons (Fsp3) is 0.316. The van der Waals surface area contributed by atoms with Crippen molar-refractivity contribution >= 4 is 5.91 Å². The lowest BCUT2D eigenvalue weighted by Crippen LogP contribution is -2.33. The van der Waals surface area contributed by atoms with Crippen molar-refractivity contribution in [3.63, 3.8) is 0 Å². The molecule has 1 saturated carbocycles. The minimum absolute atomic E-state index is 0.0113. The number of hydrogen-bond donors (Lipinski definition) is 2. The number of benzene rings is 2. The maximum atomic E-state index is 13.9. The zero-order valence-electron chi connectivity index (χ0n) is 12.8. The standard InChI is InChI=1S/C19H20FNO2/c20-16-9-5-4-8-15(16)19(10-11-19)13-21-18(23)12-17(22)14-6-2-1-3-7-14/h1-9,17,22H,10-13H2,(H,21,23). The fourth-order valence-corrected chi connectivity index (χ4v) is 2.89. The quantitative estimate of drug-likeness (QED) is 0.861. The Morgan fingerprint density at radius 1 is 1.13 bits per heavy atom. The van der Waals surface area contributed by atoms with E-state index in [1.165, 1.54) is 6.07 Å². The van der Waals surface area contributed by atoms with Crippen LogP contribution in [0.4, 0.5) is 4.39 Å². The van der Waals surface area contributed by atoms with Crippen LogP contribution in [0.3, 0.4) is 0 Å². The summed E-state index contributed by atoms with van der Waals surface area (Å²) in [7, 11) is 0. The minimum Gasteiger partial charge on any atom is -0.388 e. The van der Waals surface area contributed by atoms with Gasteiger partial charge in [0.05, 0.1) is 12.5 Å². The average molecular weight is 313 g/mol. The van der Waals surface area contributed by atoms with Crippen LogP contribution < -0.4 is 5.32 Å². The first kappa shape index (κ1) is 15.7. The fourth-order valence-electron chi connectivity index (χ4n) is 2.89. The number of nitrogens with one attached hydrogen (secondary N) is 1. The van der Waals surface area contributed by atoms with E-state index in [2.05, 4.69) is 5.32 Å². The largest absolute Gasteiger partial charge is 0.388 e. The Morgan fingerprint density at radius 2 is 1.78 bits per heavy atom. The summed E-state index contributed by atoms with van der Waals surface area (Å²) in [5.74, 6) is -0.437. The molecule has 0 aliphatic heterocycles. The molecule has 0 saturated heterocycles. The zero-order valence-corrected chi connectivity index (χ0v) is 12.8. The summed E-state index contributed by atoms with van der Waals surface area (Å²) in [4.78, 5) is 12.1. The predicted octanol–water partition coefficient (Wildman–Crippen LogP) is 3.10. The maximum Gasteiger partial charge on any atom is 0.222 e. The molecule has 1 aliphatic carbocycles. The molecule has 2 N–H and O–H groups in total. The van der Waals surface area contributed by atoms with Crippen LogP contribution in [-0.4, -0.2) is 17.6 Å². The number of carbonyl (C=O) groups excluding carboxylic acids is 1. The first-order valence-electron chi connectivity index (χ1n) is 7.85. The molecule has 2 aromatic rings. The van der Waals surface area contributed by atoms with E-state index in [9.17, 15) is 14.3 Å². The topological polar surface area (TPSA) is 49.3 Å². The first-order chi connectivity index (χ1) is 11.1. The molecule has 3 nitrogen and oxygen atoms in total. The highest BCUT2D eigenvalue weighted by atomic mass is 19.1. The Labute approximate surface area is 135 Å². The van der Waals surface area contributed by atoms with E-state index in [4.69, 9.17) is 0 Å². The second-order valence-corrected chi connectivity index (χ2v) is 6.17. The number of carbonyl (C=O) groups is 1. The number of halogens is 1. The van der Waals surface area contributed by atoms with Crippen LogP contribution in [0.15, 0.2) is 54.6 Å². The van der Waals surface area contributed by atoms with Gasteiger partial charge >= 0.3 is 0 Å². The van der Waals surface area contributed by atoms with Crippen LogP contribution in [0, 0.1) is 5.82 Å². The van der Waals surface area contributed by atoms with Crippen molar-refractivity contribution in [2.24, 2.45) is 0 Å². The van der Waals surface area contributed by atoms with E-state index in [-0.39, 0.29) is 23.6 Å². The zero-order chi connectivity index (χ0) is 16.3. The second kappa shape index (κ2) is 6.50. The molecule has 1 fully saturated rings. The summed E-state index contributed by atoms with van der Waals surface area (Å²) in [6, 6.07) is 15.8. The monoisotopic (exact) mass is 313 g/mol.